The number of hydrogen-bond donors (Lipinski definition) is 1. The molecular weight excluding hydrogens is 459 g/mol. The lowest BCUT2D eigenvalue weighted by Gasteiger charge is -2.33. The van der Waals surface area contributed by atoms with Crippen molar-refractivity contribution < 1.29 is 27.1 Å². The number of halogens is 1. The van der Waals surface area contributed by atoms with Gasteiger partial charge < -0.3 is 9.64 Å². The van der Waals surface area contributed by atoms with Gasteiger partial charge in [0.2, 0.25) is 0 Å². The quantitative estimate of drug-likeness (QED) is 0.706. The lowest BCUT2D eigenvalue weighted by atomic mass is 9.96. The van der Waals surface area contributed by atoms with Gasteiger partial charge in [0.05, 0.1) is 4.90 Å². The van der Waals surface area contributed by atoms with Crippen LogP contribution in [0, 0.1) is 5.82 Å². The second kappa shape index (κ2) is 9.10. The van der Waals surface area contributed by atoms with E-state index >= 15 is 0 Å². The fourth-order valence-electron chi connectivity index (χ4n) is 3.15. The Hall–Kier alpha value is -2.60. The summed E-state index contributed by atoms with van der Waals surface area (Å²) in [6.45, 7) is 6.59. The molecular formula is C20H25FN4O5S2. The molecule has 0 atom stereocenters. The summed E-state index contributed by atoms with van der Waals surface area (Å²) in [7, 11) is -3.63. The smallest absolute Gasteiger partial charge is 0.410 e. The molecule has 3 rings (SSSR count). The summed E-state index contributed by atoms with van der Waals surface area (Å²) < 4.78 is 42.6. The van der Waals surface area contributed by atoms with Crippen LogP contribution in [0.3, 0.4) is 0 Å². The lowest BCUT2D eigenvalue weighted by Crippen LogP contribution is -2.41. The first-order valence-electron chi connectivity index (χ1n) is 9.94. The van der Waals surface area contributed by atoms with Crippen molar-refractivity contribution in [2.45, 2.75) is 50.0 Å². The first kappa shape index (κ1) is 24.1. The van der Waals surface area contributed by atoms with Crippen LogP contribution in [0.15, 0.2) is 23.4 Å². The number of nitrogens with one attached hydrogen (secondary N) is 1. The molecule has 1 saturated heterocycles. The molecule has 3 heterocycles. The van der Waals surface area contributed by atoms with Crippen molar-refractivity contribution in [3.8, 4) is 0 Å². The summed E-state index contributed by atoms with van der Waals surface area (Å²) in [6, 6.07) is 0.767. The van der Waals surface area contributed by atoms with Crippen molar-refractivity contribution in [2.75, 3.05) is 24.7 Å². The molecule has 2 aromatic heterocycles. The average Bonchev–Trinajstić information content (AvgIpc) is 3.14. The van der Waals surface area contributed by atoms with Gasteiger partial charge in [-0.15, -0.1) is 11.3 Å². The molecule has 12 heteroatoms. The summed E-state index contributed by atoms with van der Waals surface area (Å²) in [6.07, 6.45) is 4.67. The summed E-state index contributed by atoms with van der Waals surface area (Å²) in [5.41, 5.74) is -1.06. The number of carbonyl (C=O) groups excluding carboxylic acids is 2. The Morgan fingerprint density at radius 3 is 2.44 bits per heavy atom. The standard InChI is InChI=1S/C20H25FN4O5S2/c1-20(2,3)30-19(27)25-7-5-12(6-8-25)15-11-23-18(31-15)24-17(26)16-14(21)9-13(10-22-16)32(4,28)29/h9-12H,5-8H2,1-4H3,(H,23,24,26). The number of carbonyl (C=O) groups is 2. The maximum Gasteiger partial charge on any atom is 0.410 e. The predicted octanol–water partition coefficient (Wildman–Crippen LogP) is 3.45. The zero-order valence-corrected chi connectivity index (χ0v) is 19.8. The van der Waals surface area contributed by atoms with E-state index in [0.717, 1.165) is 36.2 Å². The Morgan fingerprint density at radius 2 is 1.88 bits per heavy atom. The summed E-state index contributed by atoms with van der Waals surface area (Å²) in [5.74, 6) is -1.67. The van der Waals surface area contributed by atoms with Gasteiger partial charge in [0, 0.05) is 36.6 Å². The van der Waals surface area contributed by atoms with E-state index in [4.69, 9.17) is 4.74 Å². The molecule has 0 radical (unpaired) electrons. The number of rotatable bonds is 4. The first-order chi connectivity index (χ1) is 14.8. The fraction of sp³-hybridized carbons (Fsp3) is 0.500. The molecule has 0 saturated carbocycles. The van der Waals surface area contributed by atoms with E-state index in [1.54, 1.807) is 11.1 Å². The van der Waals surface area contributed by atoms with Gasteiger partial charge in [-0.25, -0.2) is 27.6 Å². The minimum Gasteiger partial charge on any atom is -0.444 e. The number of aromatic nitrogens is 2. The molecule has 0 bridgehead atoms. The van der Waals surface area contributed by atoms with Gasteiger partial charge in [-0.2, -0.15) is 0 Å². The first-order valence-corrected chi connectivity index (χ1v) is 12.6. The highest BCUT2D eigenvalue weighted by molar-refractivity contribution is 7.90. The van der Waals surface area contributed by atoms with Gasteiger partial charge in [-0.05, 0) is 45.6 Å². The van der Waals surface area contributed by atoms with Crippen LogP contribution in [0.4, 0.5) is 14.3 Å². The maximum absolute atomic E-state index is 14.2. The number of anilines is 1. The molecule has 174 valence electrons. The molecule has 9 nitrogen and oxygen atoms in total. The number of thiazole rings is 1. The molecule has 32 heavy (non-hydrogen) atoms. The van der Waals surface area contributed by atoms with Crippen molar-refractivity contribution in [3.05, 3.63) is 34.8 Å². The van der Waals surface area contributed by atoms with Gasteiger partial charge in [-0.3, -0.25) is 10.1 Å². The summed E-state index contributed by atoms with van der Waals surface area (Å²) in [4.78, 5) is 34.7. The van der Waals surface area contributed by atoms with E-state index < -0.39 is 32.9 Å². The van der Waals surface area contributed by atoms with Crippen molar-refractivity contribution in [1.29, 1.82) is 0 Å². The number of hydrogen-bond acceptors (Lipinski definition) is 8. The number of amides is 2. The molecule has 0 aliphatic carbocycles. The Kier molecular flexibility index (Phi) is 6.84. The van der Waals surface area contributed by atoms with E-state index in [1.807, 2.05) is 20.8 Å². The zero-order valence-electron chi connectivity index (χ0n) is 18.2. The Morgan fingerprint density at radius 1 is 1.22 bits per heavy atom. The van der Waals surface area contributed by atoms with E-state index in [-0.39, 0.29) is 22.0 Å². The third-order valence-corrected chi connectivity index (χ3v) is 6.91. The SMILES string of the molecule is CC(C)(C)OC(=O)N1CCC(c2cnc(NC(=O)c3ncc(S(C)(=O)=O)cc3F)s2)CC1. The highest BCUT2D eigenvalue weighted by Gasteiger charge is 2.28. The number of nitrogens with zero attached hydrogens (tertiary/aromatic N) is 3. The molecule has 1 aliphatic heterocycles. The van der Waals surface area contributed by atoms with Crippen LogP contribution in [0.25, 0.3) is 0 Å². The normalized spacial score (nSPS) is 15.5. The lowest BCUT2D eigenvalue weighted by molar-refractivity contribution is 0.0205. The molecule has 1 N–H and O–H groups in total. The van der Waals surface area contributed by atoms with Crippen LogP contribution in [-0.2, 0) is 14.6 Å². The van der Waals surface area contributed by atoms with Crippen molar-refractivity contribution in [2.24, 2.45) is 0 Å². The van der Waals surface area contributed by atoms with E-state index in [2.05, 4.69) is 15.3 Å². The number of sulfone groups is 1. The highest BCUT2D eigenvalue weighted by atomic mass is 32.2. The Labute approximate surface area is 189 Å². The third-order valence-electron chi connectivity index (χ3n) is 4.75. The predicted molar refractivity (Wildman–Crippen MR) is 117 cm³/mol. The van der Waals surface area contributed by atoms with Crippen molar-refractivity contribution in [3.63, 3.8) is 0 Å². The van der Waals surface area contributed by atoms with Crippen molar-refractivity contribution in [1.82, 2.24) is 14.9 Å². The van der Waals surface area contributed by atoms with Crippen LogP contribution in [0.2, 0.25) is 0 Å². The van der Waals surface area contributed by atoms with Crippen molar-refractivity contribution >= 4 is 38.3 Å². The summed E-state index contributed by atoms with van der Waals surface area (Å²) >= 11 is 1.27. The topological polar surface area (TPSA) is 119 Å². The number of pyridine rings is 1. The monoisotopic (exact) mass is 484 g/mol. The summed E-state index contributed by atoms with van der Waals surface area (Å²) in [5, 5.41) is 2.79. The molecule has 0 spiro atoms. The molecule has 1 fully saturated rings. The minimum absolute atomic E-state index is 0.181. The Balaban J connectivity index is 1.60. The number of piperidine rings is 1. The fourth-order valence-corrected chi connectivity index (χ4v) is 4.69. The maximum atomic E-state index is 14.2. The van der Waals surface area contributed by atoms with Gasteiger partial charge in [0.1, 0.15) is 5.60 Å². The van der Waals surface area contributed by atoms with E-state index in [9.17, 15) is 22.4 Å². The van der Waals surface area contributed by atoms with Gasteiger partial charge >= 0.3 is 6.09 Å². The molecule has 0 unspecified atom stereocenters. The van der Waals surface area contributed by atoms with Crippen LogP contribution in [0.5, 0.6) is 0 Å². The van der Waals surface area contributed by atoms with Crippen LogP contribution >= 0.6 is 11.3 Å². The largest absolute Gasteiger partial charge is 0.444 e. The average molecular weight is 485 g/mol. The van der Waals surface area contributed by atoms with Crippen LogP contribution in [0.1, 0.15) is 54.9 Å². The number of ether oxygens (including phenoxy) is 1. The van der Waals surface area contributed by atoms with Gasteiger partial charge in [0.15, 0.2) is 26.5 Å². The van der Waals surface area contributed by atoms with Gasteiger partial charge in [-0.1, -0.05) is 0 Å². The van der Waals surface area contributed by atoms with E-state index in [0.29, 0.717) is 13.1 Å². The number of likely N-dealkylation sites (tertiary alicyclic amines) is 1. The Bertz CT molecular complexity index is 1120. The van der Waals surface area contributed by atoms with Crippen LogP contribution in [-0.4, -0.2) is 60.2 Å². The second-order valence-electron chi connectivity index (χ2n) is 8.54. The highest BCUT2D eigenvalue weighted by Crippen LogP contribution is 2.34. The molecule has 2 aromatic rings. The zero-order chi connectivity index (χ0) is 23.7. The molecule has 0 aromatic carbocycles. The molecule has 1 aliphatic rings. The second-order valence-corrected chi connectivity index (χ2v) is 11.6. The molecule has 2 amide bonds. The van der Waals surface area contributed by atoms with Crippen LogP contribution < -0.4 is 5.32 Å². The third kappa shape index (κ3) is 6.00. The minimum atomic E-state index is -3.63. The van der Waals surface area contributed by atoms with Gasteiger partial charge in [0.25, 0.3) is 5.91 Å². The van der Waals surface area contributed by atoms with E-state index in [1.165, 1.54) is 11.3 Å².